The van der Waals surface area contributed by atoms with Crippen molar-refractivity contribution in [3.63, 3.8) is 0 Å². The van der Waals surface area contributed by atoms with Crippen LogP contribution in [0.2, 0.25) is 0 Å². The van der Waals surface area contributed by atoms with Gasteiger partial charge in [0.05, 0.1) is 4.92 Å². The van der Waals surface area contributed by atoms with E-state index in [-0.39, 0.29) is 11.2 Å². The number of rotatable bonds is 5. The maximum absolute atomic E-state index is 11.2. The molecule has 0 heterocycles. The lowest BCUT2D eigenvalue weighted by Crippen LogP contribution is -2.39. The van der Waals surface area contributed by atoms with E-state index >= 15 is 0 Å². The van der Waals surface area contributed by atoms with Crippen LogP contribution in [0.25, 0.3) is 0 Å². The highest BCUT2D eigenvalue weighted by molar-refractivity contribution is 6.61. The number of nitrogens with zero attached hydrogens (tertiary/aromatic N) is 1. The lowest BCUT2D eigenvalue weighted by atomic mass is 9.79. The maximum Gasteiger partial charge on any atom is 0.563 e. The van der Waals surface area contributed by atoms with Gasteiger partial charge in [-0.15, -0.1) is 0 Å². The van der Waals surface area contributed by atoms with Gasteiger partial charge < -0.3 is 15.0 Å². The zero-order valence-corrected chi connectivity index (χ0v) is 9.83. The molecule has 8 heteroatoms. The van der Waals surface area contributed by atoms with Crippen molar-refractivity contribution in [1.29, 1.82) is 0 Å². The summed E-state index contributed by atoms with van der Waals surface area (Å²) in [5.41, 5.74) is -0.0278. The van der Waals surface area contributed by atoms with Crippen molar-refractivity contribution in [2.75, 3.05) is 6.54 Å². The molecule has 0 fully saturated rings. The molecule has 1 rings (SSSR count). The summed E-state index contributed by atoms with van der Waals surface area (Å²) in [7, 11) is -1.53. The van der Waals surface area contributed by atoms with Crippen molar-refractivity contribution in [3.8, 4) is 0 Å². The van der Waals surface area contributed by atoms with Crippen molar-refractivity contribution in [1.82, 2.24) is 5.32 Å². The fourth-order valence-electron chi connectivity index (χ4n) is 1.23. The van der Waals surface area contributed by atoms with Crippen LogP contribution in [0, 0.1) is 10.1 Å². The molecule has 7 nitrogen and oxygen atoms in total. The summed E-state index contributed by atoms with van der Waals surface area (Å²) >= 11 is 0. The number of amides is 1. The van der Waals surface area contributed by atoms with Gasteiger partial charge in [-0.25, -0.2) is 4.79 Å². The van der Waals surface area contributed by atoms with Crippen molar-refractivity contribution in [2.45, 2.75) is 13.3 Å². The number of nitro groups is 1. The Hall–Kier alpha value is -2.09. The predicted molar refractivity (Wildman–Crippen MR) is 65.5 cm³/mol. The summed E-state index contributed by atoms with van der Waals surface area (Å²) in [6, 6.07) is 5.28. The van der Waals surface area contributed by atoms with Gasteiger partial charge in [0.15, 0.2) is 0 Å². The number of carbonyl (C=O) groups excluding carboxylic acids is 1. The van der Waals surface area contributed by atoms with E-state index in [0.29, 0.717) is 6.54 Å². The second-order valence-corrected chi connectivity index (χ2v) is 3.54. The highest BCUT2D eigenvalue weighted by Crippen LogP contribution is 2.07. The third-order valence-corrected chi connectivity index (χ3v) is 2.10. The van der Waals surface area contributed by atoms with E-state index < -0.39 is 18.1 Å². The number of hydrogen-bond acceptors (Lipinski definition) is 5. The molecular weight excluding hydrogens is 239 g/mol. The molecule has 18 heavy (non-hydrogen) atoms. The van der Waals surface area contributed by atoms with Gasteiger partial charge in [-0.05, 0) is 6.42 Å². The van der Waals surface area contributed by atoms with E-state index in [0.717, 1.165) is 12.5 Å². The first kappa shape index (κ1) is 14.0. The second kappa shape index (κ2) is 6.60. The number of hydrogen-bond donors (Lipinski definition) is 2. The van der Waals surface area contributed by atoms with Crippen LogP contribution >= 0.6 is 0 Å². The van der Waals surface area contributed by atoms with E-state index in [1.807, 2.05) is 6.92 Å². The van der Waals surface area contributed by atoms with E-state index in [1.165, 1.54) is 18.2 Å². The molecule has 0 aliphatic carbocycles. The van der Waals surface area contributed by atoms with Crippen LogP contribution in [0.15, 0.2) is 24.3 Å². The van der Waals surface area contributed by atoms with Gasteiger partial charge in [0.1, 0.15) is 0 Å². The monoisotopic (exact) mass is 252 g/mol. The maximum atomic E-state index is 11.2. The molecule has 0 radical (unpaired) electrons. The van der Waals surface area contributed by atoms with Crippen molar-refractivity contribution in [3.05, 3.63) is 34.4 Å². The molecular formula is C10H13BN2O5. The van der Waals surface area contributed by atoms with Crippen LogP contribution in [0.3, 0.4) is 0 Å². The molecule has 2 N–H and O–H groups in total. The van der Waals surface area contributed by atoms with Crippen molar-refractivity contribution in [2.24, 2.45) is 0 Å². The molecule has 0 saturated heterocycles. The van der Waals surface area contributed by atoms with Crippen molar-refractivity contribution >= 4 is 24.4 Å². The summed E-state index contributed by atoms with van der Waals surface area (Å²) in [6.45, 7) is 2.30. The Labute approximate surface area is 104 Å². The largest absolute Gasteiger partial charge is 0.563 e. The van der Waals surface area contributed by atoms with E-state index in [1.54, 1.807) is 0 Å². The van der Waals surface area contributed by atoms with Crippen LogP contribution < -0.4 is 10.8 Å². The summed E-state index contributed by atoms with van der Waals surface area (Å²) in [4.78, 5) is 21.1. The Morgan fingerprint density at radius 2 is 2.33 bits per heavy atom. The first-order valence-electron chi connectivity index (χ1n) is 5.41. The molecule has 0 bridgehead atoms. The van der Waals surface area contributed by atoms with Gasteiger partial charge in [0.2, 0.25) is 0 Å². The lowest BCUT2D eigenvalue weighted by molar-refractivity contribution is -0.384. The summed E-state index contributed by atoms with van der Waals surface area (Å²) < 4.78 is 4.66. The first-order chi connectivity index (χ1) is 8.54. The molecule has 0 atom stereocenters. The average molecular weight is 252 g/mol. The molecule has 0 unspecified atom stereocenters. The molecule has 0 aromatic heterocycles. The molecule has 1 aromatic rings. The summed E-state index contributed by atoms with van der Waals surface area (Å²) in [6.07, 6.45) is -0.0296. The molecule has 0 aliphatic rings. The summed E-state index contributed by atoms with van der Waals surface area (Å²) in [5, 5.41) is 22.5. The molecule has 1 amide bonds. The van der Waals surface area contributed by atoms with E-state index in [9.17, 15) is 19.9 Å². The van der Waals surface area contributed by atoms with Gasteiger partial charge in [-0.2, -0.15) is 0 Å². The number of carbonyl (C=O) groups is 1. The van der Waals surface area contributed by atoms with Crippen LogP contribution in [0.5, 0.6) is 0 Å². The Morgan fingerprint density at radius 1 is 1.61 bits per heavy atom. The predicted octanol–water partition coefficient (Wildman–Crippen LogP) is 0.419. The molecule has 0 saturated carbocycles. The standard InChI is InChI=1S/C10H13BN2O5/c1-2-6-12-10(14)18-11(15)8-4-3-5-9(7-8)13(16)17/h3-5,7,15H,2,6H2,1H3,(H,12,14). The van der Waals surface area contributed by atoms with Crippen LogP contribution in [0.4, 0.5) is 10.5 Å². The number of non-ortho nitro benzene ring substituents is 1. The third kappa shape index (κ3) is 4.06. The minimum Gasteiger partial charge on any atom is -0.489 e. The first-order valence-corrected chi connectivity index (χ1v) is 5.41. The number of nitro benzene ring substituents is 1. The Balaban J connectivity index is 2.66. The smallest absolute Gasteiger partial charge is 0.489 e. The molecule has 0 aliphatic heterocycles. The minimum atomic E-state index is -1.53. The fraction of sp³-hybridized carbons (Fsp3) is 0.300. The summed E-state index contributed by atoms with van der Waals surface area (Å²) in [5.74, 6) is 0. The fourth-order valence-corrected chi connectivity index (χ4v) is 1.23. The molecule has 0 spiro atoms. The Morgan fingerprint density at radius 3 is 2.94 bits per heavy atom. The second-order valence-electron chi connectivity index (χ2n) is 3.54. The highest BCUT2D eigenvalue weighted by Gasteiger charge is 2.23. The van der Waals surface area contributed by atoms with Gasteiger partial charge in [0.25, 0.3) is 5.69 Å². The van der Waals surface area contributed by atoms with Gasteiger partial charge in [-0.3, -0.25) is 10.1 Å². The van der Waals surface area contributed by atoms with Gasteiger partial charge >= 0.3 is 13.2 Å². The average Bonchev–Trinajstić information content (AvgIpc) is 2.36. The minimum absolute atomic E-state index is 0.149. The van der Waals surface area contributed by atoms with Crippen molar-refractivity contribution < 1.29 is 19.4 Å². The lowest BCUT2D eigenvalue weighted by Gasteiger charge is -2.09. The van der Waals surface area contributed by atoms with Crippen LogP contribution in [-0.2, 0) is 4.65 Å². The number of nitrogens with one attached hydrogen (secondary N) is 1. The molecule has 1 aromatic carbocycles. The van der Waals surface area contributed by atoms with Gasteiger partial charge in [0, 0.05) is 24.1 Å². The van der Waals surface area contributed by atoms with E-state index in [2.05, 4.69) is 9.97 Å². The molecule has 96 valence electrons. The van der Waals surface area contributed by atoms with Crippen LogP contribution in [-0.4, -0.2) is 29.7 Å². The zero-order chi connectivity index (χ0) is 13.5. The Kier molecular flexibility index (Phi) is 5.13. The quantitative estimate of drug-likeness (QED) is 0.449. The number of benzene rings is 1. The third-order valence-electron chi connectivity index (χ3n) is 2.10. The van der Waals surface area contributed by atoms with Crippen LogP contribution in [0.1, 0.15) is 13.3 Å². The zero-order valence-electron chi connectivity index (χ0n) is 9.83. The normalized spacial score (nSPS) is 9.67. The van der Waals surface area contributed by atoms with Gasteiger partial charge in [-0.1, -0.05) is 19.1 Å². The topological polar surface area (TPSA) is 102 Å². The highest BCUT2D eigenvalue weighted by atomic mass is 16.6. The Bertz CT molecular complexity index is 440. The van der Waals surface area contributed by atoms with E-state index in [4.69, 9.17) is 0 Å². The SMILES string of the molecule is CCCNC(=O)OB(O)c1cccc([N+](=O)[O-])c1.